The van der Waals surface area contributed by atoms with Crippen LogP contribution in [0.2, 0.25) is 5.02 Å². The third kappa shape index (κ3) is 7.93. The molecular formula is C16H25ClN2O2. The lowest BCUT2D eigenvalue weighted by molar-refractivity contribution is 0.0490. The number of amides is 2. The highest BCUT2D eigenvalue weighted by atomic mass is 35.5. The predicted octanol–water partition coefficient (Wildman–Crippen LogP) is 4.45. The third-order valence-electron chi connectivity index (χ3n) is 3.08. The van der Waals surface area contributed by atoms with Crippen molar-refractivity contribution in [2.24, 2.45) is 0 Å². The summed E-state index contributed by atoms with van der Waals surface area (Å²) < 4.78 is 5.66. The lowest BCUT2D eigenvalue weighted by Crippen LogP contribution is -2.30. The van der Waals surface area contributed by atoms with Gasteiger partial charge < -0.3 is 15.4 Å². The minimum absolute atomic E-state index is 0.208. The van der Waals surface area contributed by atoms with E-state index in [2.05, 4.69) is 17.6 Å². The van der Waals surface area contributed by atoms with Crippen LogP contribution >= 0.6 is 11.6 Å². The maximum atomic E-state index is 11.7. The molecule has 1 aromatic carbocycles. The van der Waals surface area contributed by atoms with Crippen LogP contribution in [0.4, 0.5) is 10.5 Å². The first-order valence-corrected chi connectivity index (χ1v) is 7.95. The van der Waals surface area contributed by atoms with Crippen molar-refractivity contribution in [3.8, 4) is 0 Å². The van der Waals surface area contributed by atoms with Gasteiger partial charge in [0.2, 0.25) is 0 Å². The van der Waals surface area contributed by atoms with Gasteiger partial charge in [0.15, 0.2) is 0 Å². The smallest absolute Gasteiger partial charge is 0.319 e. The van der Waals surface area contributed by atoms with Gasteiger partial charge in [0.1, 0.15) is 0 Å². The van der Waals surface area contributed by atoms with Crippen molar-refractivity contribution in [1.29, 1.82) is 0 Å². The zero-order chi connectivity index (χ0) is 15.5. The molecule has 0 aliphatic carbocycles. The molecule has 21 heavy (non-hydrogen) atoms. The summed E-state index contributed by atoms with van der Waals surface area (Å²) in [6.45, 7) is 5.55. The minimum atomic E-state index is -0.208. The molecule has 5 heteroatoms. The van der Waals surface area contributed by atoms with E-state index in [1.54, 1.807) is 24.3 Å². The number of ether oxygens (including phenoxy) is 1. The summed E-state index contributed by atoms with van der Waals surface area (Å²) in [5.74, 6) is 0. The maximum absolute atomic E-state index is 11.7. The summed E-state index contributed by atoms with van der Waals surface area (Å²) in [5.41, 5.74) is 0.693. The van der Waals surface area contributed by atoms with Crippen molar-refractivity contribution in [3.05, 3.63) is 29.3 Å². The van der Waals surface area contributed by atoms with Gasteiger partial charge >= 0.3 is 6.03 Å². The summed E-state index contributed by atoms with van der Waals surface area (Å²) >= 11 is 5.86. The molecule has 0 aromatic heterocycles. The number of nitrogens with one attached hydrogen (secondary N) is 2. The Bertz CT molecular complexity index is 420. The number of hydrogen-bond donors (Lipinski definition) is 2. The largest absolute Gasteiger partial charge is 0.379 e. The van der Waals surface area contributed by atoms with Gasteiger partial charge in [-0.25, -0.2) is 4.79 Å². The number of hydrogen-bond acceptors (Lipinski definition) is 2. The molecule has 1 rings (SSSR count). The Balaban J connectivity index is 2.21. The fourth-order valence-corrected chi connectivity index (χ4v) is 2.33. The minimum Gasteiger partial charge on any atom is -0.379 e. The summed E-state index contributed by atoms with van der Waals surface area (Å²) in [7, 11) is 0. The lowest BCUT2D eigenvalue weighted by atomic mass is 10.1. The second-order valence-corrected chi connectivity index (χ2v) is 5.34. The molecule has 1 aromatic rings. The standard InChI is InChI=1S/C16H25ClN2O2/c1-3-7-15(21-4-2)10-6-11-18-16(20)19-14-9-5-8-13(17)12-14/h5,8-9,12,15H,3-4,6-7,10-11H2,1-2H3,(H2,18,19,20). The average Bonchev–Trinajstić information content (AvgIpc) is 2.44. The molecule has 118 valence electrons. The molecule has 2 N–H and O–H groups in total. The zero-order valence-corrected chi connectivity index (χ0v) is 13.6. The van der Waals surface area contributed by atoms with Crippen molar-refractivity contribution < 1.29 is 9.53 Å². The van der Waals surface area contributed by atoms with E-state index in [9.17, 15) is 4.79 Å². The van der Waals surface area contributed by atoms with Gasteiger partial charge in [-0.2, -0.15) is 0 Å². The van der Waals surface area contributed by atoms with Gasteiger partial charge in [0.25, 0.3) is 0 Å². The van der Waals surface area contributed by atoms with Crippen LogP contribution in [0.5, 0.6) is 0 Å². The van der Waals surface area contributed by atoms with Gasteiger partial charge in [-0.15, -0.1) is 0 Å². The normalized spacial score (nSPS) is 12.0. The second kappa shape index (κ2) is 10.5. The number of rotatable bonds is 9. The Labute approximate surface area is 132 Å². The second-order valence-electron chi connectivity index (χ2n) is 4.90. The monoisotopic (exact) mass is 312 g/mol. The quantitative estimate of drug-likeness (QED) is 0.662. The molecule has 0 saturated heterocycles. The zero-order valence-electron chi connectivity index (χ0n) is 12.8. The van der Waals surface area contributed by atoms with Gasteiger partial charge in [-0.1, -0.05) is 31.0 Å². The third-order valence-corrected chi connectivity index (χ3v) is 3.32. The molecule has 0 aliphatic heterocycles. The Morgan fingerprint density at radius 3 is 2.81 bits per heavy atom. The van der Waals surface area contributed by atoms with E-state index >= 15 is 0 Å². The van der Waals surface area contributed by atoms with Crippen LogP contribution in [0.1, 0.15) is 39.5 Å². The van der Waals surface area contributed by atoms with Crippen molar-refractivity contribution in [2.75, 3.05) is 18.5 Å². The molecule has 0 spiro atoms. The molecule has 0 radical (unpaired) electrons. The van der Waals surface area contributed by atoms with E-state index in [0.717, 1.165) is 32.3 Å². The maximum Gasteiger partial charge on any atom is 0.319 e. The number of halogens is 1. The Morgan fingerprint density at radius 2 is 2.14 bits per heavy atom. The molecular weight excluding hydrogens is 288 g/mol. The van der Waals surface area contributed by atoms with Gasteiger partial charge in [-0.05, 0) is 44.4 Å². The predicted molar refractivity (Wildman–Crippen MR) is 88.0 cm³/mol. The average molecular weight is 313 g/mol. The molecule has 2 amide bonds. The van der Waals surface area contributed by atoms with Crippen LogP contribution in [-0.2, 0) is 4.74 Å². The number of carbonyl (C=O) groups is 1. The number of carbonyl (C=O) groups excluding carboxylic acids is 1. The molecule has 0 bridgehead atoms. The Kier molecular flexibility index (Phi) is 8.87. The fraction of sp³-hybridized carbons (Fsp3) is 0.562. The highest BCUT2D eigenvalue weighted by Crippen LogP contribution is 2.14. The number of urea groups is 1. The van der Waals surface area contributed by atoms with E-state index in [0.29, 0.717) is 23.4 Å². The van der Waals surface area contributed by atoms with E-state index in [1.807, 2.05) is 6.92 Å². The van der Waals surface area contributed by atoms with Crippen LogP contribution in [-0.4, -0.2) is 25.3 Å². The van der Waals surface area contributed by atoms with Crippen molar-refractivity contribution in [3.63, 3.8) is 0 Å². The van der Waals surface area contributed by atoms with Crippen molar-refractivity contribution in [2.45, 2.75) is 45.6 Å². The summed E-state index contributed by atoms with van der Waals surface area (Å²) in [6.07, 6.45) is 4.38. The van der Waals surface area contributed by atoms with E-state index < -0.39 is 0 Å². The molecule has 4 nitrogen and oxygen atoms in total. The highest BCUT2D eigenvalue weighted by Gasteiger charge is 2.07. The van der Waals surface area contributed by atoms with E-state index in [4.69, 9.17) is 16.3 Å². The first kappa shape index (κ1) is 17.8. The van der Waals surface area contributed by atoms with Gasteiger partial charge in [0.05, 0.1) is 6.10 Å². The topological polar surface area (TPSA) is 50.4 Å². The van der Waals surface area contributed by atoms with Gasteiger partial charge in [-0.3, -0.25) is 0 Å². The van der Waals surface area contributed by atoms with Gasteiger partial charge in [0, 0.05) is 23.9 Å². The highest BCUT2D eigenvalue weighted by molar-refractivity contribution is 6.30. The molecule has 0 saturated carbocycles. The van der Waals surface area contributed by atoms with Crippen LogP contribution in [0.25, 0.3) is 0 Å². The SMILES string of the molecule is CCCC(CCCNC(=O)Nc1cccc(Cl)c1)OCC. The molecule has 0 aliphatic rings. The first-order valence-electron chi connectivity index (χ1n) is 7.57. The van der Waals surface area contributed by atoms with Crippen molar-refractivity contribution >= 4 is 23.3 Å². The number of anilines is 1. The Morgan fingerprint density at radius 1 is 1.33 bits per heavy atom. The van der Waals surface area contributed by atoms with E-state index in [-0.39, 0.29) is 6.03 Å². The van der Waals surface area contributed by atoms with Crippen molar-refractivity contribution in [1.82, 2.24) is 5.32 Å². The van der Waals surface area contributed by atoms with Crippen LogP contribution in [0, 0.1) is 0 Å². The molecule has 1 atom stereocenters. The summed E-state index contributed by atoms with van der Waals surface area (Å²) in [5, 5.41) is 6.20. The molecule has 1 unspecified atom stereocenters. The van der Waals surface area contributed by atoms with Crippen LogP contribution in [0.3, 0.4) is 0 Å². The Hall–Kier alpha value is -1.26. The summed E-state index contributed by atoms with van der Waals surface area (Å²) in [6, 6.07) is 6.88. The lowest BCUT2D eigenvalue weighted by Gasteiger charge is -2.16. The van der Waals surface area contributed by atoms with Crippen LogP contribution in [0.15, 0.2) is 24.3 Å². The van der Waals surface area contributed by atoms with E-state index in [1.165, 1.54) is 0 Å². The number of benzene rings is 1. The first-order chi connectivity index (χ1) is 10.2. The fourth-order valence-electron chi connectivity index (χ4n) is 2.14. The molecule has 0 fully saturated rings. The summed E-state index contributed by atoms with van der Waals surface area (Å²) in [4.78, 5) is 11.7. The van der Waals surface area contributed by atoms with Crippen LogP contribution < -0.4 is 10.6 Å². The molecule has 0 heterocycles.